The smallest absolute Gasteiger partial charge is 0.333 e. The molecule has 250 valence electrons. The molecule has 42 heavy (non-hydrogen) atoms. The molecule has 14 heteroatoms. The van der Waals surface area contributed by atoms with E-state index in [0.717, 1.165) is 0 Å². The van der Waals surface area contributed by atoms with Gasteiger partial charge >= 0.3 is 5.97 Å². The summed E-state index contributed by atoms with van der Waals surface area (Å²) >= 11 is 0. The molecular weight excluding hydrogens is 558 g/mol. The molecule has 14 nitrogen and oxygen atoms in total. The lowest BCUT2D eigenvalue weighted by molar-refractivity contribution is -0.140. The molecule has 0 bridgehead atoms. The number of carbonyl (C=O) groups excluding carboxylic acids is 1. The maximum absolute atomic E-state index is 11.2. The van der Waals surface area contributed by atoms with Crippen LogP contribution in [0.1, 0.15) is 6.92 Å². The molecule has 0 aromatic heterocycles. The average Bonchev–Trinajstić information content (AvgIpc) is 2.99. The van der Waals surface area contributed by atoms with Crippen molar-refractivity contribution in [3.63, 3.8) is 0 Å². The molecule has 0 heterocycles. The van der Waals surface area contributed by atoms with Crippen LogP contribution in [0.2, 0.25) is 0 Å². The molecule has 0 aliphatic carbocycles. The Kier molecular flexibility index (Phi) is 34.8. The van der Waals surface area contributed by atoms with Crippen molar-refractivity contribution < 1.29 is 61.6 Å². The highest BCUT2D eigenvalue weighted by molar-refractivity contribution is 5.86. The minimum absolute atomic E-state index is 0.199. The second kappa shape index (κ2) is 35.9. The Morgan fingerprint density at radius 2 is 0.595 bits per heavy atom. The van der Waals surface area contributed by atoms with Crippen LogP contribution in [0, 0.1) is 0 Å². The third-order valence-corrected chi connectivity index (χ3v) is 4.79. The van der Waals surface area contributed by atoms with Gasteiger partial charge in [-0.3, -0.25) is 0 Å². The molecule has 0 aliphatic rings. The van der Waals surface area contributed by atoms with Crippen LogP contribution in [0.25, 0.3) is 0 Å². The van der Waals surface area contributed by atoms with Crippen LogP contribution in [-0.4, -0.2) is 164 Å². The molecule has 0 spiro atoms. The summed E-state index contributed by atoms with van der Waals surface area (Å²) in [6.07, 6.45) is 0. The SMILES string of the molecule is C=C(C)C(=O)OCCOCCOCCOCCOCCOCCOCCOCCOCCOCCOCCOCCN. The van der Waals surface area contributed by atoms with Gasteiger partial charge in [-0.05, 0) is 6.92 Å². The van der Waals surface area contributed by atoms with Gasteiger partial charge in [-0.1, -0.05) is 6.58 Å². The Hall–Kier alpha value is -1.27. The minimum Gasteiger partial charge on any atom is -0.460 e. The predicted molar refractivity (Wildman–Crippen MR) is 154 cm³/mol. The molecule has 0 saturated carbocycles. The summed E-state index contributed by atoms with van der Waals surface area (Å²) in [6.45, 7) is 16.7. The van der Waals surface area contributed by atoms with E-state index >= 15 is 0 Å². The first-order valence-electron chi connectivity index (χ1n) is 14.6. The summed E-state index contributed by atoms with van der Waals surface area (Å²) < 4.78 is 64.2. The third-order valence-electron chi connectivity index (χ3n) is 4.79. The Morgan fingerprint density at radius 1 is 0.405 bits per heavy atom. The fraction of sp³-hybridized carbons (Fsp3) is 0.893. The standard InChI is InChI=1S/C28H55NO13/c1-27(2)28(30)42-26-25-41-24-23-40-22-21-39-20-19-38-18-17-37-16-15-36-14-13-35-12-11-34-10-9-33-8-7-32-6-5-31-4-3-29/h1,3-26,29H2,2H3. The van der Waals surface area contributed by atoms with E-state index < -0.39 is 5.97 Å². The monoisotopic (exact) mass is 613 g/mol. The van der Waals surface area contributed by atoms with Gasteiger partial charge in [-0.15, -0.1) is 0 Å². The topological polar surface area (TPSA) is 154 Å². The van der Waals surface area contributed by atoms with Crippen LogP contribution in [0.4, 0.5) is 0 Å². The van der Waals surface area contributed by atoms with Gasteiger partial charge in [-0.2, -0.15) is 0 Å². The second-order valence-corrected chi connectivity index (χ2v) is 8.44. The first kappa shape index (κ1) is 40.7. The summed E-state index contributed by atoms with van der Waals surface area (Å²) in [5.74, 6) is -0.413. The highest BCUT2D eigenvalue weighted by atomic mass is 16.6. The maximum atomic E-state index is 11.2. The number of carbonyl (C=O) groups is 1. The molecule has 0 fully saturated rings. The number of hydrogen-bond acceptors (Lipinski definition) is 14. The molecule has 0 aliphatic heterocycles. The van der Waals surface area contributed by atoms with Gasteiger partial charge in [-0.25, -0.2) is 4.79 Å². The van der Waals surface area contributed by atoms with E-state index in [0.29, 0.717) is 157 Å². The van der Waals surface area contributed by atoms with Crippen molar-refractivity contribution in [2.24, 2.45) is 5.73 Å². The predicted octanol–water partition coefficient (Wildman–Crippen LogP) is 0.247. The van der Waals surface area contributed by atoms with Crippen LogP contribution in [-0.2, 0) is 61.6 Å². The van der Waals surface area contributed by atoms with E-state index in [1.165, 1.54) is 0 Å². The lowest BCUT2D eigenvalue weighted by Gasteiger charge is -2.09. The highest BCUT2D eigenvalue weighted by Crippen LogP contribution is 1.92. The molecule has 0 unspecified atom stereocenters. The molecule has 0 radical (unpaired) electrons. The number of esters is 1. The molecule has 0 aromatic rings. The van der Waals surface area contributed by atoms with Gasteiger partial charge in [0.25, 0.3) is 0 Å². The second-order valence-electron chi connectivity index (χ2n) is 8.44. The Morgan fingerprint density at radius 3 is 0.786 bits per heavy atom. The molecule has 0 saturated heterocycles. The van der Waals surface area contributed by atoms with E-state index in [2.05, 4.69) is 6.58 Å². The summed E-state index contributed by atoms with van der Waals surface area (Å²) in [7, 11) is 0. The molecule has 0 amide bonds. The normalized spacial score (nSPS) is 11.3. The Balaban J connectivity index is 3.06. The number of nitrogens with two attached hydrogens (primary N) is 1. The fourth-order valence-corrected chi connectivity index (χ4v) is 2.70. The van der Waals surface area contributed by atoms with Crippen molar-refractivity contribution in [1.82, 2.24) is 0 Å². The molecule has 2 N–H and O–H groups in total. The van der Waals surface area contributed by atoms with Crippen LogP contribution < -0.4 is 5.73 Å². The minimum atomic E-state index is -0.413. The lowest BCUT2D eigenvalue weighted by Crippen LogP contribution is -2.16. The summed E-state index contributed by atoms with van der Waals surface area (Å²) in [5.41, 5.74) is 5.69. The van der Waals surface area contributed by atoms with Crippen molar-refractivity contribution in [3.05, 3.63) is 12.2 Å². The summed E-state index contributed by atoms with van der Waals surface area (Å²) in [6, 6.07) is 0. The van der Waals surface area contributed by atoms with E-state index in [4.69, 9.17) is 62.6 Å². The lowest BCUT2D eigenvalue weighted by atomic mass is 10.4. The van der Waals surface area contributed by atoms with Crippen LogP contribution in [0.5, 0.6) is 0 Å². The fourth-order valence-electron chi connectivity index (χ4n) is 2.70. The van der Waals surface area contributed by atoms with Crippen molar-refractivity contribution in [2.75, 3.05) is 159 Å². The zero-order valence-electron chi connectivity index (χ0n) is 25.6. The molecule has 0 rings (SSSR count). The number of ether oxygens (including phenoxy) is 12. The van der Waals surface area contributed by atoms with E-state index in [9.17, 15) is 4.79 Å². The van der Waals surface area contributed by atoms with Gasteiger partial charge in [0.15, 0.2) is 0 Å². The maximum Gasteiger partial charge on any atom is 0.333 e. The van der Waals surface area contributed by atoms with E-state index in [1.54, 1.807) is 6.92 Å². The van der Waals surface area contributed by atoms with Gasteiger partial charge in [0.2, 0.25) is 0 Å². The van der Waals surface area contributed by atoms with Gasteiger partial charge in [0.1, 0.15) is 6.61 Å². The average molecular weight is 614 g/mol. The number of hydrogen-bond donors (Lipinski definition) is 1. The first-order chi connectivity index (χ1) is 20.7. The largest absolute Gasteiger partial charge is 0.460 e. The van der Waals surface area contributed by atoms with E-state index in [1.807, 2.05) is 0 Å². The Labute approximate surface area is 251 Å². The van der Waals surface area contributed by atoms with Crippen molar-refractivity contribution in [1.29, 1.82) is 0 Å². The van der Waals surface area contributed by atoms with Crippen molar-refractivity contribution in [3.8, 4) is 0 Å². The highest BCUT2D eigenvalue weighted by Gasteiger charge is 2.02. The van der Waals surface area contributed by atoms with Gasteiger partial charge in [0, 0.05) is 12.1 Å². The van der Waals surface area contributed by atoms with E-state index in [-0.39, 0.29) is 6.61 Å². The zero-order chi connectivity index (χ0) is 30.6. The number of rotatable bonds is 36. The summed E-state index contributed by atoms with van der Waals surface area (Å²) in [5, 5.41) is 0. The molecular formula is C28H55NO13. The van der Waals surface area contributed by atoms with Crippen LogP contribution >= 0.6 is 0 Å². The Bertz CT molecular complexity index is 572. The molecule has 0 atom stereocenters. The zero-order valence-corrected chi connectivity index (χ0v) is 25.6. The van der Waals surface area contributed by atoms with Crippen LogP contribution in [0.3, 0.4) is 0 Å². The van der Waals surface area contributed by atoms with Crippen LogP contribution in [0.15, 0.2) is 12.2 Å². The van der Waals surface area contributed by atoms with Crippen molar-refractivity contribution >= 4 is 5.97 Å². The van der Waals surface area contributed by atoms with Gasteiger partial charge < -0.3 is 62.6 Å². The first-order valence-corrected chi connectivity index (χ1v) is 14.6. The molecule has 0 aromatic carbocycles. The van der Waals surface area contributed by atoms with Crippen molar-refractivity contribution in [2.45, 2.75) is 6.92 Å². The van der Waals surface area contributed by atoms with Gasteiger partial charge in [0.05, 0.1) is 145 Å². The third kappa shape index (κ3) is 34.9. The summed E-state index contributed by atoms with van der Waals surface area (Å²) in [4.78, 5) is 11.2. The quantitative estimate of drug-likeness (QED) is 0.0583.